The SMILES string of the molecule is O=C1C(=C(c2ccccc2)c2ccc([N+](=O)[O-])cc2)C(=O)N(Sc2ccccc2)C(=O)N1Sc1ccccc1. The fourth-order valence-electron chi connectivity index (χ4n) is 3.91. The van der Waals surface area contributed by atoms with Crippen LogP contribution in [0.25, 0.3) is 5.57 Å². The number of nitro groups is 1. The van der Waals surface area contributed by atoms with Crippen LogP contribution in [0.4, 0.5) is 10.5 Å². The number of carbonyl (C=O) groups excluding carboxylic acids is 3. The third-order valence-corrected chi connectivity index (χ3v) is 7.68. The summed E-state index contributed by atoms with van der Waals surface area (Å²) in [7, 11) is 0. The summed E-state index contributed by atoms with van der Waals surface area (Å²) in [5.74, 6) is -1.55. The molecule has 39 heavy (non-hydrogen) atoms. The van der Waals surface area contributed by atoms with Gasteiger partial charge >= 0.3 is 6.03 Å². The predicted octanol–water partition coefficient (Wildman–Crippen LogP) is 6.60. The van der Waals surface area contributed by atoms with Crippen molar-refractivity contribution >= 4 is 53.0 Å². The molecule has 0 aliphatic carbocycles. The number of hydrogen-bond donors (Lipinski definition) is 0. The average molecular weight is 554 g/mol. The molecule has 1 heterocycles. The standard InChI is InChI=1S/C29H19N3O5S2/c33-27-26(25(20-10-4-1-5-11-20)21-16-18-22(19-17-21)32(36)37)28(34)31(39-24-14-8-3-9-15-24)29(35)30(27)38-23-12-6-2-7-13-23/h1-19H. The molecule has 0 unspecified atom stereocenters. The number of nitro benzene ring substituents is 1. The van der Waals surface area contributed by atoms with Crippen LogP contribution in [0.2, 0.25) is 0 Å². The Morgan fingerprint density at radius 1 is 0.590 bits per heavy atom. The first kappa shape index (κ1) is 26.0. The summed E-state index contributed by atoms with van der Waals surface area (Å²) in [6, 6.07) is 31.4. The van der Waals surface area contributed by atoms with Crippen LogP contribution in [0, 0.1) is 10.1 Å². The van der Waals surface area contributed by atoms with Crippen LogP contribution in [0.15, 0.2) is 131 Å². The molecule has 5 rings (SSSR count). The van der Waals surface area contributed by atoms with Crippen molar-refractivity contribution in [1.82, 2.24) is 8.61 Å². The normalized spacial score (nSPS) is 13.5. The van der Waals surface area contributed by atoms with Gasteiger partial charge in [0, 0.05) is 27.5 Å². The predicted molar refractivity (Wildman–Crippen MR) is 149 cm³/mol. The number of carbonyl (C=O) groups is 3. The van der Waals surface area contributed by atoms with Crippen LogP contribution in [0.1, 0.15) is 11.1 Å². The van der Waals surface area contributed by atoms with E-state index in [1.807, 2.05) is 12.1 Å². The number of amides is 4. The molecule has 0 bridgehead atoms. The van der Waals surface area contributed by atoms with Gasteiger partial charge in [-0.2, -0.15) is 8.61 Å². The summed E-state index contributed by atoms with van der Waals surface area (Å²) in [5, 5.41) is 11.3. The number of barbiturate groups is 1. The first-order valence-corrected chi connectivity index (χ1v) is 13.2. The summed E-state index contributed by atoms with van der Waals surface area (Å²) in [4.78, 5) is 53.5. The zero-order valence-electron chi connectivity index (χ0n) is 20.2. The van der Waals surface area contributed by atoms with Gasteiger partial charge in [-0.3, -0.25) is 19.7 Å². The molecular weight excluding hydrogens is 534 g/mol. The zero-order chi connectivity index (χ0) is 27.4. The van der Waals surface area contributed by atoms with Crippen molar-refractivity contribution in [3.05, 3.63) is 142 Å². The molecule has 1 aliphatic rings. The van der Waals surface area contributed by atoms with Crippen molar-refractivity contribution in [2.24, 2.45) is 0 Å². The summed E-state index contributed by atoms with van der Waals surface area (Å²) in [6.07, 6.45) is 0. The van der Waals surface area contributed by atoms with Gasteiger partial charge in [0.1, 0.15) is 5.57 Å². The van der Waals surface area contributed by atoms with E-state index in [0.29, 0.717) is 20.9 Å². The van der Waals surface area contributed by atoms with E-state index in [1.165, 1.54) is 24.3 Å². The van der Waals surface area contributed by atoms with Crippen LogP contribution >= 0.6 is 23.9 Å². The van der Waals surface area contributed by atoms with Gasteiger partial charge in [-0.25, -0.2) is 4.79 Å². The minimum absolute atomic E-state index is 0.129. The highest BCUT2D eigenvalue weighted by Gasteiger charge is 2.45. The first-order chi connectivity index (χ1) is 18.9. The van der Waals surface area contributed by atoms with Gasteiger partial charge in [0.05, 0.1) is 4.92 Å². The molecule has 4 aromatic carbocycles. The number of rotatable bonds is 7. The molecule has 0 spiro atoms. The van der Waals surface area contributed by atoms with Gasteiger partial charge in [0.25, 0.3) is 17.5 Å². The van der Waals surface area contributed by atoms with Gasteiger partial charge in [0.2, 0.25) is 0 Å². The third kappa shape index (κ3) is 5.47. The lowest BCUT2D eigenvalue weighted by atomic mass is 9.91. The molecule has 4 aromatic rings. The maximum absolute atomic E-state index is 14.0. The van der Waals surface area contributed by atoms with E-state index < -0.39 is 22.8 Å². The monoisotopic (exact) mass is 553 g/mol. The zero-order valence-corrected chi connectivity index (χ0v) is 21.8. The second-order valence-corrected chi connectivity index (χ2v) is 10.2. The molecule has 1 saturated heterocycles. The van der Waals surface area contributed by atoms with Gasteiger partial charge in [-0.05, 0) is 71.4 Å². The molecule has 0 N–H and O–H groups in total. The summed E-state index contributed by atoms with van der Waals surface area (Å²) in [5.41, 5.74) is 0.890. The number of hydrogen-bond acceptors (Lipinski definition) is 7. The van der Waals surface area contributed by atoms with Crippen molar-refractivity contribution < 1.29 is 19.3 Å². The van der Waals surface area contributed by atoms with Gasteiger partial charge < -0.3 is 0 Å². The molecule has 0 atom stereocenters. The number of benzene rings is 4. The second-order valence-electron chi connectivity index (χ2n) is 8.21. The third-order valence-electron chi connectivity index (χ3n) is 5.70. The minimum Gasteiger partial charge on any atom is -0.267 e. The maximum atomic E-state index is 14.0. The van der Waals surface area contributed by atoms with E-state index in [0.717, 1.165) is 32.5 Å². The van der Waals surface area contributed by atoms with Gasteiger partial charge in [-0.1, -0.05) is 66.7 Å². The van der Waals surface area contributed by atoms with Crippen molar-refractivity contribution in [3.63, 3.8) is 0 Å². The molecule has 0 saturated carbocycles. The van der Waals surface area contributed by atoms with E-state index in [9.17, 15) is 24.5 Å². The molecule has 1 fully saturated rings. The summed E-state index contributed by atoms with van der Waals surface area (Å²) in [6.45, 7) is 0. The van der Waals surface area contributed by atoms with Gasteiger partial charge in [-0.15, -0.1) is 0 Å². The molecule has 4 amide bonds. The first-order valence-electron chi connectivity index (χ1n) is 11.7. The van der Waals surface area contributed by atoms with E-state index in [1.54, 1.807) is 78.9 Å². The fraction of sp³-hybridized carbons (Fsp3) is 0. The Balaban J connectivity index is 1.70. The number of non-ortho nitro benzene ring substituents is 1. The molecule has 0 aromatic heterocycles. The van der Waals surface area contributed by atoms with Crippen LogP contribution in [0.5, 0.6) is 0 Å². The summed E-state index contributed by atoms with van der Waals surface area (Å²) < 4.78 is 1.94. The molecule has 1 aliphatic heterocycles. The van der Waals surface area contributed by atoms with Crippen molar-refractivity contribution in [3.8, 4) is 0 Å². The van der Waals surface area contributed by atoms with Crippen LogP contribution in [-0.4, -0.2) is 31.4 Å². The van der Waals surface area contributed by atoms with Crippen LogP contribution in [-0.2, 0) is 9.59 Å². The number of urea groups is 1. The Labute approximate surface area is 232 Å². The van der Waals surface area contributed by atoms with Crippen LogP contribution < -0.4 is 0 Å². The Morgan fingerprint density at radius 3 is 1.44 bits per heavy atom. The maximum Gasteiger partial charge on any atom is 0.355 e. The Kier molecular flexibility index (Phi) is 7.57. The molecule has 10 heteroatoms. The lowest BCUT2D eigenvalue weighted by Crippen LogP contribution is -2.51. The van der Waals surface area contributed by atoms with Crippen molar-refractivity contribution in [2.45, 2.75) is 9.79 Å². The van der Waals surface area contributed by atoms with E-state index in [4.69, 9.17) is 0 Å². The molecule has 8 nitrogen and oxygen atoms in total. The lowest BCUT2D eigenvalue weighted by molar-refractivity contribution is -0.384. The smallest absolute Gasteiger partial charge is 0.267 e. The quantitative estimate of drug-likeness (QED) is 0.0835. The molecule has 0 radical (unpaired) electrons. The highest BCUT2D eigenvalue weighted by molar-refractivity contribution is 7.99. The average Bonchev–Trinajstić information content (AvgIpc) is 2.97. The van der Waals surface area contributed by atoms with Crippen LogP contribution in [0.3, 0.4) is 0 Å². The van der Waals surface area contributed by atoms with E-state index in [2.05, 4.69) is 0 Å². The molecular formula is C29H19N3O5S2. The minimum atomic E-state index is -0.785. The lowest BCUT2D eigenvalue weighted by Gasteiger charge is -2.33. The van der Waals surface area contributed by atoms with Crippen molar-refractivity contribution in [2.75, 3.05) is 0 Å². The van der Waals surface area contributed by atoms with Crippen molar-refractivity contribution in [1.29, 1.82) is 0 Å². The highest BCUT2D eigenvalue weighted by Crippen LogP contribution is 2.39. The molecule has 192 valence electrons. The summed E-state index contributed by atoms with van der Waals surface area (Å²) >= 11 is 1.84. The van der Waals surface area contributed by atoms with E-state index in [-0.39, 0.29) is 16.8 Å². The Hall–Kier alpha value is -4.67. The number of imide groups is 2. The fourth-order valence-corrected chi connectivity index (χ4v) is 5.61. The largest absolute Gasteiger partial charge is 0.355 e. The Bertz CT molecular complexity index is 1510. The van der Waals surface area contributed by atoms with E-state index >= 15 is 0 Å². The second kappa shape index (κ2) is 11.4. The van der Waals surface area contributed by atoms with Gasteiger partial charge in [0.15, 0.2) is 0 Å². The topological polar surface area (TPSA) is 101 Å². The Morgan fingerprint density at radius 2 is 1.00 bits per heavy atom. The highest BCUT2D eigenvalue weighted by atomic mass is 32.2. The number of nitrogens with zero attached hydrogens (tertiary/aromatic N) is 3.